The first-order valence-corrected chi connectivity index (χ1v) is 9.27. The Kier molecular flexibility index (Phi) is 6.89. The predicted molar refractivity (Wildman–Crippen MR) is 106 cm³/mol. The van der Waals surface area contributed by atoms with Gasteiger partial charge in [0.05, 0.1) is 6.04 Å². The number of likely N-dealkylation sites (tertiary alicyclic amines) is 1. The van der Waals surface area contributed by atoms with Gasteiger partial charge in [-0.25, -0.2) is 4.79 Å². The van der Waals surface area contributed by atoms with Crippen LogP contribution in [0.15, 0.2) is 29.3 Å². The Bertz CT molecular complexity index is 637. The number of aliphatic imine (C=N–C) groups is 1. The van der Waals surface area contributed by atoms with E-state index in [1.165, 1.54) is 11.1 Å². The van der Waals surface area contributed by atoms with Crippen molar-refractivity contribution in [3.8, 4) is 0 Å². The summed E-state index contributed by atoms with van der Waals surface area (Å²) in [4.78, 5) is 18.5. The van der Waals surface area contributed by atoms with Crippen LogP contribution >= 0.6 is 0 Å². The molecule has 1 aromatic rings. The normalized spacial score (nSPS) is 18.0. The zero-order chi connectivity index (χ0) is 19.2. The monoisotopic (exact) mass is 360 g/mol. The molecule has 0 spiro atoms. The minimum atomic E-state index is -0.476. The van der Waals surface area contributed by atoms with Gasteiger partial charge in [-0.1, -0.05) is 29.8 Å². The van der Waals surface area contributed by atoms with E-state index in [0.717, 1.165) is 38.4 Å². The van der Waals surface area contributed by atoms with Crippen molar-refractivity contribution in [1.29, 1.82) is 0 Å². The topological polar surface area (TPSA) is 66.0 Å². The number of ether oxygens (including phenoxy) is 1. The van der Waals surface area contributed by atoms with Crippen LogP contribution in [0.4, 0.5) is 4.79 Å². The van der Waals surface area contributed by atoms with Gasteiger partial charge >= 0.3 is 6.09 Å². The number of hydrogen-bond donors (Lipinski definition) is 2. The number of carbonyl (C=O) groups excluding carboxylic acids is 1. The maximum atomic E-state index is 11.9. The van der Waals surface area contributed by atoms with E-state index in [0.29, 0.717) is 0 Å². The van der Waals surface area contributed by atoms with Crippen molar-refractivity contribution in [2.24, 2.45) is 4.99 Å². The van der Waals surface area contributed by atoms with Gasteiger partial charge in [-0.05, 0) is 46.1 Å². The maximum Gasteiger partial charge on any atom is 0.407 e. The number of nitrogens with one attached hydrogen (secondary N) is 2. The smallest absolute Gasteiger partial charge is 0.407 e. The Hall–Kier alpha value is -2.24. The number of aryl methyl sites for hydroxylation is 1. The van der Waals surface area contributed by atoms with Crippen molar-refractivity contribution < 1.29 is 9.53 Å². The summed E-state index contributed by atoms with van der Waals surface area (Å²) in [6.45, 7) is 10.2. The van der Waals surface area contributed by atoms with Crippen LogP contribution in [0.3, 0.4) is 0 Å². The highest BCUT2D eigenvalue weighted by atomic mass is 16.6. The number of hydrogen-bond acceptors (Lipinski definition) is 3. The minimum absolute atomic E-state index is 0.0835. The van der Waals surface area contributed by atoms with E-state index in [1.54, 1.807) is 7.05 Å². The summed E-state index contributed by atoms with van der Waals surface area (Å²) in [5.41, 5.74) is 2.12. The second-order valence-corrected chi connectivity index (χ2v) is 7.79. The molecule has 0 aromatic heterocycles. The second-order valence-electron chi connectivity index (χ2n) is 7.79. The van der Waals surface area contributed by atoms with Crippen molar-refractivity contribution in [1.82, 2.24) is 15.5 Å². The van der Waals surface area contributed by atoms with Gasteiger partial charge in [0.15, 0.2) is 5.96 Å². The molecule has 1 aromatic carbocycles. The molecule has 1 heterocycles. The molecule has 1 aliphatic heterocycles. The number of guanidine groups is 1. The summed E-state index contributed by atoms with van der Waals surface area (Å²) in [6, 6.07) is 8.64. The van der Waals surface area contributed by atoms with Gasteiger partial charge in [0.1, 0.15) is 5.60 Å². The number of nitrogens with zero attached hydrogens (tertiary/aromatic N) is 2. The summed E-state index contributed by atoms with van der Waals surface area (Å²) in [6.07, 6.45) is 1.48. The molecule has 1 atom stereocenters. The highest BCUT2D eigenvalue weighted by Crippen LogP contribution is 2.12. The van der Waals surface area contributed by atoms with Gasteiger partial charge in [-0.2, -0.15) is 0 Å². The van der Waals surface area contributed by atoms with E-state index < -0.39 is 5.60 Å². The molecule has 2 rings (SSSR count). The van der Waals surface area contributed by atoms with Crippen LogP contribution in [0.1, 0.15) is 38.3 Å². The first kappa shape index (κ1) is 20.1. The standard InChI is InChI=1S/C20H32N4O2/c1-15-7-6-8-16(13-15)9-11-22-18(21-5)24-12-10-17(14-24)23-19(25)26-20(2,3)4/h6-8,13,17H,9-12,14H2,1-5H3,(H,21,22)(H,23,25). The molecule has 1 aliphatic rings. The van der Waals surface area contributed by atoms with Crippen molar-refractivity contribution in [3.63, 3.8) is 0 Å². The molecule has 0 aliphatic carbocycles. The lowest BCUT2D eigenvalue weighted by atomic mass is 10.1. The minimum Gasteiger partial charge on any atom is -0.444 e. The largest absolute Gasteiger partial charge is 0.444 e. The van der Waals surface area contributed by atoms with Crippen molar-refractivity contribution >= 4 is 12.1 Å². The molecular formula is C20H32N4O2. The molecular weight excluding hydrogens is 328 g/mol. The SMILES string of the molecule is CN=C(NCCc1cccc(C)c1)N1CCC(NC(=O)OC(C)(C)C)C1. The van der Waals surface area contributed by atoms with Crippen LogP contribution in [0.5, 0.6) is 0 Å². The molecule has 1 unspecified atom stereocenters. The zero-order valence-electron chi connectivity index (χ0n) is 16.6. The van der Waals surface area contributed by atoms with E-state index in [9.17, 15) is 4.79 Å². The van der Waals surface area contributed by atoms with E-state index >= 15 is 0 Å². The van der Waals surface area contributed by atoms with Crippen molar-refractivity contribution in [3.05, 3.63) is 35.4 Å². The van der Waals surface area contributed by atoms with Crippen molar-refractivity contribution in [2.45, 2.75) is 52.2 Å². The summed E-state index contributed by atoms with van der Waals surface area (Å²) in [5, 5.41) is 6.37. The lowest BCUT2D eigenvalue weighted by Gasteiger charge is -2.23. The number of benzene rings is 1. The highest BCUT2D eigenvalue weighted by molar-refractivity contribution is 5.80. The average Bonchev–Trinajstić information content (AvgIpc) is 2.98. The fourth-order valence-corrected chi connectivity index (χ4v) is 3.06. The van der Waals surface area contributed by atoms with Crippen LogP contribution in [0.25, 0.3) is 0 Å². The molecule has 6 heteroatoms. The third kappa shape index (κ3) is 6.58. The van der Waals surface area contributed by atoms with Gasteiger partial charge in [-0.3, -0.25) is 4.99 Å². The first-order valence-electron chi connectivity index (χ1n) is 9.27. The van der Waals surface area contributed by atoms with Crippen LogP contribution in [0.2, 0.25) is 0 Å². The first-order chi connectivity index (χ1) is 12.3. The van der Waals surface area contributed by atoms with Gasteiger partial charge in [0.25, 0.3) is 0 Å². The van der Waals surface area contributed by atoms with Crippen LogP contribution in [0, 0.1) is 6.92 Å². The molecule has 6 nitrogen and oxygen atoms in total. The fraction of sp³-hybridized carbons (Fsp3) is 0.600. The molecule has 2 N–H and O–H groups in total. The Morgan fingerprint density at radius 3 is 2.81 bits per heavy atom. The van der Waals surface area contributed by atoms with Crippen LogP contribution in [-0.4, -0.2) is 55.3 Å². The summed E-state index contributed by atoms with van der Waals surface area (Å²) >= 11 is 0. The van der Waals surface area contributed by atoms with Gasteiger partial charge in [-0.15, -0.1) is 0 Å². The molecule has 0 bridgehead atoms. The molecule has 1 amide bonds. The highest BCUT2D eigenvalue weighted by Gasteiger charge is 2.27. The second kappa shape index (κ2) is 8.92. The molecule has 1 fully saturated rings. The number of rotatable bonds is 4. The lowest BCUT2D eigenvalue weighted by Crippen LogP contribution is -2.44. The summed E-state index contributed by atoms with van der Waals surface area (Å²) < 4.78 is 5.33. The Labute approximate surface area is 157 Å². The molecule has 1 saturated heterocycles. The lowest BCUT2D eigenvalue weighted by molar-refractivity contribution is 0.0507. The number of carbonyl (C=O) groups is 1. The third-order valence-corrected chi connectivity index (χ3v) is 4.20. The predicted octanol–water partition coefficient (Wildman–Crippen LogP) is 2.71. The molecule has 26 heavy (non-hydrogen) atoms. The van der Waals surface area contributed by atoms with Crippen LogP contribution in [-0.2, 0) is 11.2 Å². The Morgan fingerprint density at radius 2 is 2.15 bits per heavy atom. The van der Waals surface area contributed by atoms with E-state index in [-0.39, 0.29) is 12.1 Å². The Balaban J connectivity index is 1.77. The molecule has 0 saturated carbocycles. The van der Waals surface area contributed by atoms with E-state index in [4.69, 9.17) is 4.74 Å². The summed E-state index contributed by atoms with van der Waals surface area (Å²) in [5.74, 6) is 0.881. The summed E-state index contributed by atoms with van der Waals surface area (Å²) in [7, 11) is 1.80. The Morgan fingerprint density at radius 1 is 1.38 bits per heavy atom. The van der Waals surface area contributed by atoms with E-state index in [2.05, 4.69) is 51.7 Å². The number of alkyl carbamates (subject to hydrolysis) is 1. The maximum absolute atomic E-state index is 11.9. The average molecular weight is 361 g/mol. The quantitative estimate of drug-likeness (QED) is 0.640. The van der Waals surface area contributed by atoms with Crippen LogP contribution < -0.4 is 10.6 Å². The number of amides is 1. The molecule has 0 radical (unpaired) electrons. The van der Waals surface area contributed by atoms with Gasteiger partial charge in [0, 0.05) is 26.7 Å². The van der Waals surface area contributed by atoms with Gasteiger partial charge < -0.3 is 20.3 Å². The zero-order valence-corrected chi connectivity index (χ0v) is 16.6. The third-order valence-electron chi connectivity index (χ3n) is 4.20. The van der Waals surface area contributed by atoms with Gasteiger partial charge in [0.2, 0.25) is 0 Å². The fourth-order valence-electron chi connectivity index (χ4n) is 3.06. The van der Waals surface area contributed by atoms with E-state index in [1.807, 2.05) is 20.8 Å². The van der Waals surface area contributed by atoms with Crippen molar-refractivity contribution in [2.75, 3.05) is 26.7 Å². The molecule has 144 valence electrons.